The molecule has 0 aliphatic carbocycles. The molecular weight excluding hydrogens is 455 g/mol. The van der Waals surface area contributed by atoms with Crippen molar-refractivity contribution in [3.63, 3.8) is 0 Å². The van der Waals surface area contributed by atoms with Crippen molar-refractivity contribution in [3.05, 3.63) is 102 Å². The van der Waals surface area contributed by atoms with Gasteiger partial charge in [0, 0.05) is 18.1 Å². The molecule has 1 aromatic heterocycles. The molecule has 184 valence electrons. The van der Waals surface area contributed by atoms with Crippen LogP contribution < -0.4 is 9.47 Å². The van der Waals surface area contributed by atoms with Crippen molar-refractivity contribution in [2.24, 2.45) is 0 Å². The van der Waals surface area contributed by atoms with Gasteiger partial charge in [0.2, 0.25) is 0 Å². The SMILES string of the molecule is CC(C)(C)Oc1ccc(OC[C@@H]2Cc3cc(F)ccc3CN2C(=O)c2ccnc3ccccc23)cc1. The number of hydrogen-bond acceptors (Lipinski definition) is 4. The first-order valence-electron chi connectivity index (χ1n) is 12.1. The summed E-state index contributed by atoms with van der Waals surface area (Å²) < 4.78 is 26.0. The minimum Gasteiger partial charge on any atom is -0.491 e. The third kappa shape index (κ3) is 5.18. The molecule has 5 rings (SSSR count). The zero-order valence-electron chi connectivity index (χ0n) is 20.7. The van der Waals surface area contributed by atoms with E-state index in [1.165, 1.54) is 6.07 Å². The van der Waals surface area contributed by atoms with E-state index in [4.69, 9.17) is 9.47 Å². The van der Waals surface area contributed by atoms with E-state index < -0.39 is 0 Å². The van der Waals surface area contributed by atoms with Gasteiger partial charge in [-0.1, -0.05) is 24.3 Å². The fourth-order valence-electron chi connectivity index (χ4n) is 4.59. The quantitative estimate of drug-likeness (QED) is 0.339. The number of halogens is 1. The van der Waals surface area contributed by atoms with Gasteiger partial charge in [-0.2, -0.15) is 0 Å². The van der Waals surface area contributed by atoms with Crippen LogP contribution in [0.3, 0.4) is 0 Å². The predicted molar refractivity (Wildman–Crippen MR) is 138 cm³/mol. The van der Waals surface area contributed by atoms with Crippen LogP contribution in [-0.4, -0.2) is 34.0 Å². The highest BCUT2D eigenvalue weighted by atomic mass is 19.1. The number of aromatic nitrogens is 1. The maximum absolute atomic E-state index is 14.0. The van der Waals surface area contributed by atoms with E-state index >= 15 is 0 Å². The Morgan fingerprint density at radius 1 is 1.00 bits per heavy atom. The van der Waals surface area contributed by atoms with Gasteiger partial charge in [0.05, 0.1) is 17.1 Å². The van der Waals surface area contributed by atoms with Crippen molar-refractivity contribution in [1.82, 2.24) is 9.88 Å². The highest BCUT2D eigenvalue weighted by Crippen LogP contribution is 2.29. The maximum atomic E-state index is 14.0. The monoisotopic (exact) mass is 484 g/mol. The number of hydrogen-bond donors (Lipinski definition) is 0. The van der Waals surface area contributed by atoms with Gasteiger partial charge in [0.15, 0.2) is 0 Å². The van der Waals surface area contributed by atoms with E-state index in [1.54, 1.807) is 24.4 Å². The molecule has 6 heteroatoms. The molecule has 0 saturated heterocycles. The number of carbonyl (C=O) groups is 1. The Bertz CT molecular complexity index is 1390. The highest BCUT2D eigenvalue weighted by Gasteiger charge is 2.32. The fourth-order valence-corrected chi connectivity index (χ4v) is 4.59. The van der Waals surface area contributed by atoms with Gasteiger partial charge >= 0.3 is 0 Å². The molecule has 0 fully saturated rings. The molecule has 1 aliphatic rings. The molecule has 1 aliphatic heterocycles. The third-order valence-electron chi connectivity index (χ3n) is 6.24. The number of benzene rings is 3. The van der Waals surface area contributed by atoms with Crippen molar-refractivity contribution >= 4 is 16.8 Å². The van der Waals surface area contributed by atoms with Gasteiger partial charge in [0.25, 0.3) is 5.91 Å². The maximum Gasteiger partial charge on any atom is 0.255 e. The Morgan fingerprint density at radius 3 is 2.53 bits per heavy atom. The normalized spacial score (nSPS) is 15.4. The number of carbonyl (C=O) groups excluding carboxylic acids is 1. The summed E-state index contributed by atoms with van der Waals surface area (Å²) in [6.07, 6.45) is 2.17. The summed E-state index contributed by atoms with van der Waals surface area (Å²) in [6, 6.07) is 21.4. The van der Waals surface area contributed by atoms with E-state index in [0.29, 0.717) is 24.3 Å². The summed E-state index contributed by atoms with van der Waals surface area (Å²) in [5, 5.41) is 0.809. The number of amides is 1. The molecule has 0 spiro atoms. The average Bonchev–Trinajstić information content (AvgIpc) is 2.86. The first kappa shape index (κ1) is 23.8. The van der Waals surface area contributed by atoms with Gasteiger partial charge in [-0.25, -0.2) is 4.39 Å². The molecule has 5 nitrogen and oxygen atoms in total. The second-order valence-corrected chi connectivity index (χ2v) is 10.1. The van der Waals surface area contributed by atoms with E-state index in [-0.39, 0.29) is 30.0 Å². The number of para-hydroxylation sites is 1. The Morgan fingerprint density at radius 2 is 1.75 bits per heavy atom. The van der Waals surface area contributed by atoms with Gasteiger partial charge in [-0.3, -0.25) is 9.78 Å². The molecule has 0 N–H and O–H groups in total. The van der Waals surface area contributed by atoms with Crippen LogP contribution in [0.4, 0.5) is 4.39 Å². The lowest BCUT2D eigenvalue weighted by molar-refractivity contribution is 0.0568. The summed E-state index contributed by atoms with van der Waals surface area (Å²) in [7, 11) is 0. The summed E-state index contributed by atoms with van der Waals surface area (Å²) in [5.41, 5.74) is 2.93. The first-order valence-corrected chi connectivity index (χ1v) is 12.1. The van der Waals surface area contributed by atoms with Crippen molar-refractivity contribution < 1.29 is 18.7 Å². The topological polar surface area (TPSA) is 51.7 Å². The van der Waals surface area contributed by atoms with Crippen molar-refractivity contribution in [1.29, 1.82) is 0 Å². The van der Waals surface area contributed by atoms with Crippen LogP contribution in [0, 0.1) is 5.82 Å². The number of ether oxygens (including phenoxy) is 2. The molecular formula is C30H29FN2O3. The lowest BCUT2D eigenvalue weighted by Crippen LogP contribution is -2.47. The smallest absolute Gasteiger partial charge is 0.255 e. The third-order valence-corrected chi connectivity index (χ3v) is 6.24. The van der Waals surface area contributed by atoms with Crippen LogP contribution in [0.1, 0.15) is 42.3 Å². The zero-order chi connectivity index (χ0) is 25.3. The molecule has 4 aromatic rings. The number of pyridine rings is 1. The van der Waals surface area contributed by atoms with Crippen molar-refractivity contribution in [3.8, 4) is 11.5 Å². The summed E-state index contributed by atoms with van der Waals surface area (Å²) in [5.74, 6) is 1.08. The lowest BCUT2D eigenvalue weighted by Gasteiger charge is -2.37. The second kappa shape index (κ2) is 9.61. The first-order chi connectivity index (χ1) is 17.3. The molecule has 0 radical (unpaired) electrons. The summed E-state index contributed by atoms with van der Waals surface area (Å²) >= 11 is 0. The van der Waals surface area contributed by atoms with Crippen LogP contribution in [0.25, 0.3) is 10.9 Å². The Kier molecular flexibility index (Phi) is 6.35. The van der Waals surface area contributed by atoms with Gasteiger partial charge in [-0.05, 0) is 86.8 Å². The molecule has 3 aromatic carbocycles. The Hall–Kier alpha value is -3.93. The fraction of sp³-hybridized carbons (Fsp3) is 0.267. The lowest BCUT2D eigenvalue weighted by atomic mass is 9.93. The van der Waals surface area contributed by atoms with Gasteiger partial charge in [-0.15, -0.1) is 0 Å². The van der Waals surface area contributed by atoms with Crippen LogP contribution in [0.15, 0.2) is 79.0 Å². The van der Waals surface area contributed by atoms with Gasteiger partial charge < -0.3 is 14.4 Å². The van der Waals surface area contributed by atoms with Crippen LogP contribution in [0.5, 0.6) is 11.5 Å². The van der Waals surface area contributed by atoms with E-state index in [9.17, 15) is 9.18 Å². The van der Waals surface area contributed by atoms with Crippen LogP contribution in [-0.2, 0) is 13.0 Å². The van der Waals surface area contributed by atoms with E-state index in [1.807, 2.05) is 74.2 Å². The molecule has 0 bridgehead atoms. The molecule has 1 amide bonds. The Labute approximate surface area is 210 Å². The van der Waals surface area contributed by atoms with E-state index in [0.717, 1.165) is 27.8 Å². The second-order valence-electron chi connectivity index (χ2n) is 10.1. The predicted octanol–water partition coefficient (Wildman–Crippen LogP) is 6.20. The average molecular weight is 485 g/mol. The summed E-state index contributed by atoms with van der Waals surface area (Å²) in [6.45, 7) is 6.66. The van der Waals surface area contributed by atoms with Crippen LogP contribution in [0.2, 0.25) is 0 Å². The molecule has 2 heterocycles. The minimum atomic E-state index is -0.287. The number of nitrogens with zero attached hydrogens (tertiary/aromatic N) is 2. The number of rotatable bonds is 5. The molecule has 36 heavy (non-hydrogen) atoms. The summed E-state index contributed by atoms with van der Waals surface area (Å²) in [4.78, 5) is 20.1. The van der Waals surface area contributed by atoms with Crippen molar-refractivity contribution in [2.45, 2.75) is 45.4 Å². The molecule has 0 saturated carbocycles. The molecule has 0 unspecified atom stereocenters. The highest BCUT2D eigenvalue weighted by molar-refractivity contribution is 6.06. The van der Waals surface area contributed by atoms with E-state index in [2.05, 4.69) is 4.98 Å². The minimum absolute atomic E-state index is 0.0916. The standard InChI is InChI=1S/C30H29FN2O3/c1-30(2,3)36-25-12-10-24(11-13-25)35-19-23-17-21-16-22(31)9-8-20(21)18-33(23)29(34)27-14-15-32-28-7-5-4-6-26(27)28/h4-16,23H,17-19H2,1-3H3/t23-/m0/s1. The van der Waals surface area contributed by atoms with Crippen LogP contribution >= 0.6 is 0 Å². The van der Waals surface area contributed by atoms with Gasteiger partial charge in [0.1, 0.15) is 29.5 Å². The Balaban J connectivity index is 1.41. The largest absolute Gasteiger partial charge is 0.491 e. The molecule has 1 atom stereocenters. The zero-order valence-corrected chi connectivity index (χ0v) is 20.7. The number of fused-ring (bicyclic) bond motifs is 2. The van der Waals surface area contributed by atoms with Crippen molar-refractivity contribution in [2.75, 3.05) is 6.61 Å².